The molecule has 2 aromatic heterocycles. The Balaban J connectivity index is 1.48. The molecule has 2 aromatic carbocycles. The second-order valence-corrected chi connectivity index (χ2v) is 8.43. The SMILES string of the molecule is N#Cc1c(N)nc(SCCC(=O)Nc2cc(=O)n(-c3ccccc3)[nH]2)c(C#N)c1-c1ccccc1. The summed E-state index contributed by atoms with van der Waals surface area (Å²) in [5.74, 6) is 0.287. The summed E-state index contributed by atoms with van der Waals surface area (Å²) in [7, 11) is 0. The molecular formula is C25H19N7O2S. The Morgan fingerprint density at radius 3 is 2.37 bits per heavy atom. The zero-order valence-electron chi connectivity index (χ0n) is 18.4. The molecule has 0 atom stereocenters. The highest BCUT2D eigenvalue weighted by Crippen LogP contribution is 2.35. The number of carbonyl (C=O) groups is 1. The zero-order valence-corrected chi connectivity index (χ0v) is 19.2. The van der Waals surface area contributed by atoms with Crippen LogP contribution in [-0.2, 0) is 4.79 Å². The Morgan fingerprint density at radius 2 is 1.71 bits per heavy atom. The average molecular weight is 482 g/mol. The number of carbonyl (C=O) groups excluding carboxylic acids is 1. The maximum atomic E-state index is 12.5. The number of nitrogens with one attached hydrogen (secondary N) is 2. The van der Waals surface area contributed by atoms with E-state index in [1.54, 1.807) is 48.5 Å². The summed E-state index contributed by atoms with van der Waals surface area (Å²) >= 11 is 1.20. The third-order valence-corrected chi connectivity index (χ3v) is 6.03. The van der Waals surface area contributed by atoms with Gasteiger partial charge in [0.1, 0.15) is 34.4 Å². The largest absolute Gasteiger partial charge is 0.383 e. The minimum absolute atomic E-state index is 0.0251. The van der Waals surface area contributed by atoms with Gasteiger partial charge in [0, 0.05) is 23.8 Å². The van der Waals surface area contributed by atoms with E-state index >= 15 is 0 Å². The van der Waals surface area contributed by atoms with Crippen molar-refractivity contribution in [2.75, 3.05) is 16.8 Å². The molecule has 0 spiro atoms. The van der Waals surface area contributed by atoms with Crippen LogP contribution < -0.4 is 16.6 Å². The van der Waals surface area contributed by atoms with Crippen molar-refractivity contribution in [1.29, 1.82) is 10.5 Å². The van der Waals surface area contributed by atoms with E-state index in [-0.39, 0.29) is 40.6 Å². The van der Waals surface area contributed by atoms with Crippen molar-refractivity contribution in [3.8, 4) is 29.0 Å². The molecule has 1 amide bonds. The number of amides is 1. The highest BCUT2D eigenvalue weighted by molar-refractivity contribution is 7.99. The van der Waals surface area contributed by atoms with Gasteiger partial charge < -0.3 is 11.1 Å². The van der Waals surface area contributed by atoms with E-state index in [4.69, 9.17) is 5.73 Å². The number of benzene rings is 2. The minimum atomic E-state index is -0.317. The number of para-hydroxylation sites is 1. The first-order valence-electron chi connectivity index (χ1n) is 10.5. The van der Waals surface area contributed by atoms with Crippen molar-refractivity contribution in [1.82, 2.24) is 14.8 Å². The standard InChI is InChI=1S/C25H19N7O2S/c26-14-18-23(16-7-3-1-4-8-16)19(15-27)25(30-24(18)28)35-12-11-21(33)29-20-13-22(34)32(31-20)17-9-5-2-6-10-17/h1-10,13,31H,11-12H2,(H2,28,30)(H,29,33). The van der Waals surface area contributed by atoms with Crippen molar-refractivity contribution in [2.45, 2.75) is 11.4 Å². The fourth-order valence-electron chi connectivity index (χ4n) is 3.48. The van der Waals surface area contributed by atoms with Crippen LogP contribution in [0.15, 0.2) is 76.6 Å². The molecule has 4 rings (SSSR count). The average Bonchev–Trinajstić information content (AvgIpc) is 3.24. The Morgan fingerprint density at radius 1 is 1.06 bits per heavy atom. The number of pyridine rings is 1. The van der Waals surface area contributed by atoms with Gasteiger partial charge in [-0.1, -0.05) is 48.5 Å². The highest BCUT2D eigenvalue weighted by Gasteiger charge is 2.20. The third-order valence-electron chi connectivity index (χ3n) is 5.05. The number of rotatable bonds is 7. The van der Waals surface area contributed by atoms with Crippen molar-refractivity contribution >= 4 is 29.3 Å². The molecule has 0 aliphatic carbocycles. The van der Waals surface area contributed by atoms with Crippen LogP contribution in [0.3, 0.4) is 0 Å². The molecule has 172 valence electrons. The summed E-state index contributed by atoms with van der Waals surface area (Å²) in [4.78, 5) is 28.9. The lowest BCUT2D eigenvalue weighted by Gasteiger charge is -2.12. The quantitative estimate of drug-likeness (QED) is 0.340. The van der Waals surface area contributed by atoms with Gasteiger partial charge in [0.05, 0.1) is 11.3 Å². The topological polar surface area (TPSA) is 153 Å². The first-order valence-corrected chi connectivity index (χ1v) is 11.5. The molecule has 0 aliphatic heterocycles. The van der Waals surface area contributed by atoms with Crippen LogP contribution in [0.5, 0.6) is 0 Å². The fourth-order valence-corrected chi connectivity index (χ4v) is 4.41. The number of aromatic amines is 1. The number of nitrogen functional groups attached to an aromatic ring is 1. The van der Waals surface area contributed by atoms with Gasteiger partial charge in [0.25, 0.3) is 5.56 Å². The molecule has 9 nitrogen and oxygen atoms in total. The van der Waals surface area contributed by atoms with Gasteiger partial charge in [0.15, 0.2) is 0 Å². The number of aromatic nitrogens is 3. The van der Waals surface area contributed by atoms with E-state index in [9.17, 15) is 20.1 Å². The molecule has 0 saturated heterocycles. The van der Waals surface area contributed by atoms with Gasteiger partial charge in [-0.05, 0) is 17.7 Å². The van der Waals surface area contributed by atoms with Crippen LogP contribution in [0.1, 0.15) is 17.5 Å². The van der Waals surface area contributed by atoms with Crippen LogP contribution in [0.25, 0.3) is 16.8 Å². The first kappa shape index (κ1) is 23.4. The number of anilines is 2. The molecule has 4 aromatic rings. The minimum Gasteiger partial charge on any atom is -0.383 e. The Hall–Kier alpha value is -4.80. The van der Waals surface area contributed by atoms with E-state index in [0.29, 0.717) is 27.6 Å². The van der Waals surface area contributed by atoms with Crippen molar-refractivity contribution < 1.29 is 4.79 Å². The molecule has 0 radical (unpaired) electrons. The first-order chi connectivity index (χ1) is 17.0. The normalized spacial score (nSPS) is 10.3. The van der Waals surface area contributed by atoms with Gasteiger partial charge in [0.2, 0.25) is 5.91 Å². The highest BCUT2D eigenvalue weighted by atomic mass is 32.2. The number of nitrogens with two attached hydrogens (primary N) is 1. The lowest BCUT2D eigenvalue weighted by molar-refractivity contribution is -0.115. The van der Waals surface area contributed by atoms with Crippen molar-refractivity contribution in [3.05, 3.63) is 88.2 Å². The maximum Gasteiger partial charge on any atom is 0.273 e. The lowest BCUT2D eigenvalue weighted by atomic mass is 9.97. The second-order valence-electron chi connectivity index (χ2n) is 7.34. The van der Waals surface area contributed by atoms with Crippen molar-refractivity contribution in [3.63, 3.8) is 0 Å². The molecule has 35 heavy (non-hydrogen) atoms. The number of thioether (sulfide) groups is 1. The summed E-state index contributed by atoms with van der Waals surface area (Å²) in [6.07, 6.45) is 0.0936. The fraction of sp³-hybridized carbons (Fsp3) is 0.0800. The number of hydrogen-bond acceptors (Lipinski definition) is 7. The predicted molar refractivity (Wildman–Crippen MR) is 134 cm³/mol. The lowest BCUT2D eigenvalue weighted by Crippen LogP contribution is -2.14. The number of H-pyrrole nitrogens is 1. The van der Waals surface area contributed by atoms with Gasteiger partial charge in [-0.2, -0.15) is 10.5 Å². The van der Waals surface area contributed by atoms with E-state index in [0.717, 1.165) is 0 Å². The van der Waals surface area contributed by atoms with Crippen LogP contribution in [0, 0.1) is 22.7 Å². The van der Waals surface area contributed by atoms with Crippen LogP contribution in [0.2, 0.25) is 0 Å². The molecule has 0 saturated carbocycles. The number of hydrogen-bond donors (Lipinski definition) is 3. The molecule has 0 bridgehead atoms. The van der Waals surface area contributed by atoms with Crippen LogP contribution in [0.4, 0.5) is 11.6 Å². The van der Waals surface area contributed by atoms with Crippen molar-refractivity contribution in [2.24, 2.45) is 0 Å². The Kier molecular flexibility index (Phi) is 6.96. The number of nitriles is 2. The van der Waals surface area contributed by atoms with E-state index in [1.807, 2.05) is 18.2 Å². The maximum absolute atomic E-state index is 12.5. The molecule has 0 fully saturated rings. The van der Waals surface area contributed by atoms with Gasteiger partial charge >= 0.3 is 0 Å². The Labute approximate surface area is 204 Å². The summed E-state index contributed by atoms with van der Waals surface area (Å²) in [5, 5.41) is 25.3. The Bertz CT molecular complexity index is 1510. The van der Waals surface area contributed by atoms with Crippen LogP contribution in [-0.4, -0.2) is 26.4 Å². The summed E-state index contributed by atoms with van der Waals surface area (Å²) in [6, 6.07) is 23.5. The summed E-state index contributed by atoms with van der Waals surface area (Å²) < 4.78 is 1.33. The summed E-state index contributed by atoms with van der Waals surface area (Å²) in [6.45, 7) is 0. The molecule has 2 heterocycles. The van der Waals surface area contributed by atoms with Gasteiger partial charge in [-0.15, -0.1) is 11.8 Å². The summed E-state index contributed by atoms with van der Waals surface area (Å²) in [5.41, 5.74) is 7.85. The van der Waals surface area contributed by atoms with E-state index < -0.39 is 0 Å². The molecule has 4 N–H and O–H groups in total. The van der Waals surface area contributed by atoms with E-state index in [1.165, 1.54) is 22.5 Å². The second kappa shape index (κ2) is 10.4. The monoisotopic (exact) mass is 481 g/mol. The molecule has 10 heteroatoms. The van der Waals surface area contributed by atoms with Gasteiger partial charge in [-0.25, -0.2) is 9.67 Å². The zero-order chi connectivity index (χ0) is 24.8. The van der Waals surface area contributed by atoms with Gasteiger partial charge in [-0.3, -0.25) is 14.7 Å². The third kappa shape index (κ3) is 5.08. The molecule has 0 unspecified atom stereocenters. The smallest absolute Gasteiger partial charge is 0.273 e. The molecular weight excluding hydrogens is 462 g/mol. The van der Waals surface area contributed by atoms with Crippen LogP contribution >= 0.6 is 11.8 Å². The van der Waals surface area contributed by atoms with E-state index in [2.05, 4.69) is 21.5 Å². The number of nitrogens with zero attached hydrogens (tertiary/aromatic N) is 4. The molecule has 0 aliphatic rings. The predicted octanol–water partition coefficient (Wildman–Crippen LogP) is 3.67.